The molecule has 1 aromatic heterocycles. The van der Waals surface area contributed by atoms with E-state index in [4.69, 9.17) is 10.3 Å². The molecule has 1 amide bonds. The third kappa shape index (κ3) is 4.46. The molecule has 1 aliphatic heterocycles. The Bertz CT molecular complexity index is 808. The third-order valence-electron chi connectivity index (χ3n) is 6.39. The van der Waals surface area contributed by atoms with Gasteiger partial charge < -0.3 is 15.2 Å². The van der Waals surface area contributed by atoms with E-state index in [-0.39, 0.29) is 11.7 Å². The van der Waals surface area contributed by atoms with Crippen molar-refractivity contribution in [1.82, 2.24) is 10.1 Å². The fourth-order valence-electron chi connectivity index (χ4n) is 4.68. The van der Waals surface area contributed by atoms with Crippen LogP contribution in [0.1, 0.15) is 38.5 Å². The van der Waals surface area contributed by atoms with Crippen molar-refractivity contribution in [2.45, 2.75) is 38.5 Å². The third-order valence-corrected chi connectivity index (χ3v) is 6.39. The maximum absolute atomic E-state index is 13.6. The number of nitrogens with two attached hydrogens (primary N) is 1. The zero-order valence-electron chi connectivity index (χ0n) is 16.3. The van der Waals surface area contributed by atoms with Crippen LogP contribution in [-0.2, 0) is 4.79 Å². The molecule has 2 heterocycles. The largest absolute Gasteiger partial charge is 0.370 e. The monoisotopic (exact) mass is 388 g/mol. The van der Waals surface area contributed by atoms with Crippen LogP contribution in [0.4, 0.5) is 10.2 Å². The van der Waals surface area contributed by atoms with Gasteiger partial charge in [-0.05, 0) is 55.8 Å². The Kier molecular flexibility index (Phi) is 5.80. The molecular formula is C21H29FN4O2. The van der Waals surface area contributed by atoms with Gasteiger partial charge in [0.05, 0.1) is 5.39 Å². The molecule has 0 unspecified atom stereocenters. The van der Waals surface area contributed by atoms with Gasteiger partial charge in [0, 0.05) is 32.6 Å². The lowest BCUT2D eigenvalue weighted by molar-refractivity contribution is -0.119. The molecule has 1 aliphatic carbocycles. The summed E-state index contributed by atoms with van der Waals surface area (Å²) in [6, 6.07) is 4.54. The van der Waals surface area contributed by atoms with Crippen LogP contribution < -0.4 is 10.6 Å². The molecule has 2 N–H and O–H groups in total. The van der Waals surface area contributed by atoms with Crippen molar-refractivity contribution in [3.05, 3.63) is 24.0 Å². The van der Waals surface area contributed by atoms with Crippen LogP contribution in [-0.4, -0.2) is 48.7 Å². The summed E-state index contributed by atoms with van der Waals surface area (Å²) in [6.45, 7) is 4.85. The van der Waals surface area contributed by atoms with E-state index < -0.39 is 0 Å². The summed E-state index contributed by atoms with van der Waals surface area (Å²) in [5, 5.41) is 4.92. The lowest BCUT2D eigenvalue weighted by Gasteiger charge is -2.36. The molecule has 4 rings (SSSR count). The molecule has 28 heavy (non-hydrogen) atoms. The number of amides is 1. The number of aromatic nitrogens is 1. The molecule has 0 spiro atoms. The van der Waals surface area contributed by atoms with E-state index in [0.29, 0.717) is 17.9 Å². The van der Waals surface area contributed by atoms with Gasteiger partial charge >= 0.3 is 0 Å². The predicted molar refractivity (Wildman–Crippen MR) is 106 cm³/mol. The molecule has 1 saturated carbocycles. The standard InChI is InChI=1S/C21H29FN4O2/c22-17-5-6-19-18(14-17)21(24-28-19)26-11-9-25(10-12-26)8-7-15-1-3-16(4-2-15)13-20(23)27/h5-6,14-16H,1-4,7-13H2,(H2,23,27). The summed E-state index contributed by atoms with van der Waals surface area (Å²) in [7, 11) is 0. The van der Waals surface area contributed by atoms with E-state index in [0.717, 1.165) is 62.7 Å². The van der Waals surface area contributed by atoms with Crippen LogP contribution in [0.15, 0.2) is 22.7 Å². The highest BCUT2D eigenvalue weighted by Gasteiger charge is 2.25. The smallest absolute Gasteiger partial charge is 0.217 e. The molecule has 2 aliphatic rings. The number of hydrogen-bond donors (Lipinski definition) is 1. The fourth-order valence-corrected chi connectivity index (χ4v) is 4.68. The molecule has 7 heteroatoms. The summed E-state index contributed by atoms with van der Waals surface area (Å²) in [6.07, 6.45) is 6.48. The number of fused-ring (bicyclic) bond motifs is 1. The van der Waals surface area contributed by atoms with Crippen molar-refractivity contribution in [2.24, 2.45) is 17.6 Å². The van der Waals surface area contributed by atoms with Gasteiger partial charge in [-0.25, -0.2) is 4.39 Å². The Balaban J connectivity index is 1.23. The van der Waals surface area contributed by atoms with Crippen molar-refractivity contribution in [3.8, 4) is 0 Å². The normalized spacial score (nSPS) is 24.0. The number of halogens is 1. The minimum absolute atomic E-state index is 0.163. The molecule has 6 nitrogen and oxygen atoms in total. The minimum atomic E-state index is -0.263. The highest BCUT2D eigenvalue weighted by Crippen LogP contribution is 2.33. The van der Waals surface area contributed by atoms with E-state index in [1.807, 2.05) is 0 Å². The van der Waals surface area contributed by atoms with Crippen LogP contribution in [0, 0.1) is 17.7 Å². The molecule has 2 aromatic rings. The number of piperazine rings is 1. The topological polar surface area (TPSA) is 75.6 Å². The maximum atomic E-state index is 13.6. The number of anilines is 1. The van der Waals surface area contributed by atoms with E-state index in [9.17, 15) is 9.18 Å². The maximum Gasteiger partial charge on any atom is 0.217 e. The van der Waals surface area contributed by atoms with Crippen LogP contribution in [0.2, 0.25) is 0 Å². The van der Waals surface area contributed by atoms with Crippen molar-refractivity contribution in [1.29, 1.82) is 0 Å². The second-order valence-corrected chi connectivity index (χ2v) is 8.32. The summed E-state index contributed by atoms with van der Waals surface area (Å²) in [5.74, 6) is 1.59. The first-order valence-corrected chi connectivity index (χ1v) is 10.4. The quantitative estimate of drug-likeness (QED) is 0.823. The first-order valence-electron chi connectivity index (χ1n) is 10.4. The second-order valence-electron chi connectivity index (χ2n) is 8.32. The van der Waals surface area contributed by atoms with Crippen LogP contribution in [0.3, 0.4) is 0 Å². The van der Waals surface area contributed by atoms with Gasteiger partial charge in [0.15, 0.2) is 11.4 Å². The first-order chi connectivity index (χ1) is 13.6. The number of nitrogens with zero attached hydrogens (tertiary/aromatic N) is 3. The summed E-state index contributed by atoms with van der Waals surface area (Å²) in [4.78, 5) is 15.8. The van der Waals surface area contributed by atoms with E-state index in [2.05, 4.69) is 15.0 Å². The Labute approximate surface area is 164 Å². The lowest BCUT2D eigenvalue weighted by Crippen LogP contribution is -2.47. The summed E-state index contributed by atoms with van der Waals surface area (Å²) < 4.78 is 18.9. The molecule has 0 bridgehead atoms. The van der Waals surface area contributed by atoms with Crippen molar-refractivity contribution in [3.63, 3.8) is 0 Å². The van der Waals surface area contributed by atoms with E-state index in [1.54, 1.807) is 6.07 Å². The van der Waals surface area contributed by atoms with Crippen LogP contribution in [0.5, 0.6) is 0 Å². The Morgan fingerprint density at radius 2 is 1.86 bits per heavy atom. The zero-order valence-corrected chi connectivity index (χ0v) is 16.3. The van der Waals surface area contributed by atoms with Gasteiger partial charge in [0.25, 0.3) is 0 Å². The number of carbonyl (C=O) groups excluding carboxylic acids is 1. The van der Waals surface area contributed by atoms with E-state index >= 15 is 0 Å². The molecule has 0 atom stereocenters. The molecule has 1 aromatic carbocycles. The second kappa shape index (κ2) is 8.47. The Morgan fingerprint density at radius 3 is 2.57 bits per heavy atom. The minimum Gasteiger partial charge on any atom is -0.370 e. The average molecular weight is 388 g/mol. The number of hydrogen-bond acceptors (Lipinski definition) is 5. The van der Waals surface area contributed by atoms with Gasteiger partial charge in [-0.3, -0.25) is 9.69 Å². The van der Waals surface area contributed by atoms with Crippen molar-refractivity contribution in [2.75, 3.05) is 37.6 Å². The summed E-state index contributed by atoms with van der Waals surface area (Å²) >= 11 is 0. The van der Waals surface area contributed by atoms with Crippen LogP contribution >= 0.6 is 0 Å². The van der Waals surface area contributed by atoms with Gasteiger partial charge in [0.1, 0.15) is 5.82 Å². The molecule has 0 radical (unpaired) electrons. The highest BCUT2D eigenvalue weighted by molar-refractivity contribution is 5.88. The molecule has 1 saturated heterocycles. The van der Waals surface area contributed by atoms with Gasteiger partial charge in [-0.1, -0.05) is 18.0 Å². The molecule has 152 valence electrons. The predicted octanol–water partition coefficient (Wildman–Crippen LogP) is 3.16. The number of primary amides is 1. The van der Waals surface area contributed by atoms with E-state index in [1.165, 1.54) is 31.4 Å². The van der Waals surface area contributed by atoms with Gasteiger partial charge in [-0.2, -0.15) is 0 Å². The average Bonchev–Trinajstić information content (AvgIpc) is 3.10. The Hall–Kier alpha value is -2.15. The zero-order chi connectivity index (χ0) is 19.5. The van der Waals surface area contributed by atoms with Gasteiger partial charge in [-0.15, -0.1) is 0 Å². The Morgan fingerprint density at radius 1 is 1.14 bits per heavy atom. The lowest BCUT2D eigenvalue weighted by atomic mass is 9.79. The summed E-state index contributed by atoms with van der Waals surface area (Å²) in [5.41, 5.74) is 5.95. The number of rotatable bonds is 6. The fraction of sp³-hybridized carbons (Fsp3) is 0.619. The van der Waals surface area contributed by atoms with Gasteiger partial charge in [0.2, 0.25) is 5.91 Å². The SMILES string of the molecule is NC(=O)CC1CCC(CCN2CCN(c3noc4ccc(F)cc34)CC2)CC1. The highest BCUT2D eigenvalue weighted by atomic mass is 19.1. The van der Waals surface area contributed by atoms with Crippen LogP contribution in [0.25, 0.3) is 11.0 Å². The van der Waals surface area contributed by atoms with Crippen molar-refractivity contribution >= 4 is 22.7 Å². The molecule has 2 fully saturated rings. The number of benzene rings is 1. The number of carbonyl (C=O) groups is 1. The molecular weight excluding hydrogens is 359 g/mol. The van der Waals surface area contributed by atoms with Crippen molar-refractivity contribution < 1.29 is 13.7 Å². The first kappa shape index (κ1) is 19.2.